The average molecular weight is 321 g/mol. The molecular formula is C16H14Cl2N2O. The zero-order chi connectivity index (χ0) is 15.2. The predicted molar refractivity (Wildman–Crippen MR) is 88.8 cm³/mol. The first-order valence-electron chi connectivity index (χ1n) is 6.30. The molecule has 0 unspecified atom stereocenters. The molecule has 0 aliphatic carbocycles. The molecule has 2 amide bonds. The van der Waals surface area contributed by atoms with Crippen LogP contribution in [0.25, 0.3) is 6.08 Å². The highest BCUT2D eigenvalue weighted by molar-refractivity contribution is 6.31. The third-order valence-electron chi connectivity index (χ3n) is 2.79. The number of hydrogen-bond acceptors (Lipinski definition) is 1. The van der Waals surface area contributed by atoms with Gasteiger partial charge in [0.05, 0.1) is 0 Å². The summed E-state index contributed by atoms with van der Waals surface area (Å²) in [5.41, 5.74) is 2.52. The van der Waals surface area contributed by atoms with Gasteiger partial charge in [-0.15, -0.1) is 0 Å². The van der Waals surface area contributed by atoms with Crippen LogP contribution in [-0.4, -0.2) is 6.03 Å². The van der Waals surface area contributed by atoms with Gasteiger partial charge in [0, 0.05) is 21.9 Å². The van der Waals surface area contributed by atoms with Crippen LogP contribution in [0.15, 0.2) is 48.7 Å². The van der Waals surface area contributed by atoms with E-state index in [1.54, 1.807) is 36.5 Å². The molecule has 0 bridgehead atoms. The van der Waals surface area contributed by atoms with E-state index in [1.165, 1.54) is 0 Å². The lowest BCUT2D eigenvalue weighted by molar-refractivity contribution is 0.255. The van der Waals surface area contributed by atoms with E-state index in [0.29, 0.717) is 15.7 Å². The second kappa shape index (κ2) is 7.16. The van der Waals surface area contributed by atoms with Gasteiger partial charge in [0.1, 0.15) is 0 Å². The molecule has 21 heavy (non-hydrogen) atoms. The smallest absolute Gasteiger partial charge is 0.314 e. The highest BCUT2D eigenvalue weighted by Crippen LogP contribution is 2.19. The van der Waals surface area contributed by atoms with E-state index in [1.807, 2.05) is 25.1 Å². The summed E-state index contributed by atoms with van der Waals surface area (Å²) < 4.78 is 0. The van der Waals surface area contributed by atoms with Crippen LogP contribution in [0.3, 0.4) is 0 Å². The molecule has 0 saturated carbocycles. The topological polar surface area (TPSA) is 41.1 Å². The van der Waals surface area contributed by atoms with Crippen molar-refractivity contribution in [2.24, 2.45) is 0 Å². The molecule has 2 aromatic carbocycles. The van der Waals surface area contributed by atoms with Crippen molar-refractivity contribution in [1.29, 1.82) is 0 Å². The Bertz CT molecular complexity index is 684. The summed E-state index contributed by atoms with van der Waals surface area (Å²) >= 11 is 11.8. The van der Waals surface area contributed by atoms with Crippen molar-refractivity contribution in [1.82, 2.24) is 5.32 Å². The van der Waals surface area contributed by atoms with Gasteiger partial charge in [-0.05, 0) is 48.4 Å². The van der Waals surface area contributed by atoms with Crippen LogP contribution in [0.4, 0.5) is 10.5 Å². The lowest BCUT2D eigenvalue weighted by Gasteiger charge is -2.08. The van der Waals surface area contributed by atoms with Crippen molar-refractivity contribution in [3.8, 4) is 0 Å². The quantitative estimate of drug-likeness (QED) is 0.812. The van der Waals surface area contributed by atoms with E-state index in [9.17, 15) is 4.79 Å². The largest absolute Gasteiger partial charge is 0.323 e. The van der Waals surface area contributed by atoms with Crippen molar-refractivity contribution < 1.29 is 4.79 Å². The summed E-state index contributed by atoms with van der Waals surface area (Å²) in [5, 5.41) is 6.59. The maximum absolute atomic E-state index is 11.8. The lowest BCUT2D eigenvalue weighted by Crippen LogP contribution is -2.24. The third kappa shape index (κ3) is 4.81. The Morgan fingerprint density at radius 3 is 2.62 bits per heavy atom. The third-order valence-corrected chi connectivity index (χ3v) is 3.26. The van der Waals surface area contributed by atoms with Gasteiger partial charge in [0.15, 0.2) is 0 Å². The molecule has 0 fully saturated rings. The minimum atomic E-state index is -0.335. The SMILES string of the molecule is Cc1ccc(Cl)cc1NC(=O)N/C=C/c1cccc(Cl)c1. The molecule has 108 valence electrons. The number of rotatable bonds is 3. The molecule has 2 rings (SSSR count). The number of hydrogen-bond donors (Lipinski definition) is 2. The van der Waals surface area contributed by atoms with Gasteiger partial charge >= 0.3 is 6.03 Å². The number of benzene rings is 2. The summed E-state index contributed by atoms with van der Waals surface area (Å²) in [6.45, 7) is 1.90. The minimum Gasteiger partial charge on any atom is -0.314 e. The first-order valence-corrected chi connectivity index (χ1v) is 7.06. The monoisotopic (exact) mass is 320 g/mol. The fraction of sp³-hybridized carbons (Fsp3) is 0.0625. The maximum atomic E-state index is 11.8. The van der Waals surface area contributed by atoms with Crippen LogP contribution in [-0.2, 0) is 0 Å². The molecule has 3 nitrogen and oxygen atoms in total. The van der Waals surface area contributed by atoms with Gasteiger partial charge < -0.3 is 10.6 Å². The molecule has 2 N–H and O–H groups in total. The summed E-state index contributed by atoms with van der Waals surface area (Å²) in [6, 6.07) is 12.3. The summed E-state index contributed by atoms with van der Waals surface area (Å²) in [6.07, 6.45) is 3.32. The molecule has 0 aromatic heterocycles. The van der Waals surface area contributed by atoms with Crippen molar-refractivity contribution in [2.45, 2.75) is 6.92 Å². The standard InChI is InChI=1S/C16H14Cl2N2O/c1-11-5-6-14(18)10-15(11)20-16(21)19-8-7-12-3-2-4-13(17)9-12/h2-10H,1H3,(H2,19,20,21)/b8-7+. The van der Waals surface area contributed by atoms with E-state index >= 15 is 0 Å². The number of halogens is 2. The Labute approximate surface area is 133 Å². The Balaban J connectivity index is 1.94. The predicted octanol–water partition coefficient (Wildman–Crippen LogP) is 5.09. The number of anilines is 1. The van der Waals surface area contributed by atoms with Crippen LogP contribution in [0.2, 0.25) is 10.0 Å². The second-order valence-corrected chi connectivity index (χ2v) is 5.32. The first-order chi connectivity index (χ1) is 10.0. The number of carbonyl (C=O) groups excluding carboxylic acids is 1. The normalized spacial score (nSPS) is 10.6. The van der Waals surface area contributed by atoms with E-state index in [0.717, 1.165) is 11.1 Å². The molecule has 0 heterocycles. The number of carbonyl (C=O) groups is 1. The highest BCUT2D eigenvalue weighted by Gasteiger charge is 2.03. The van der Waals surface area contributed by atoms with Crippen LogP contribution in [0, 0.1) is 6.92 Å². The second-order valence-electron chi connectivity index (χ2n) is 4.45. The van der Waals surface area contributed by atoms with Gasteiger partial charge in [-0.1, -0.05) is 41.4 Å². The van der Waals surface area contributed by atoms with Crippen LogP contribution < -0.4 is 10.6 Å². The Morgan fingerprint density at radius 1 is 1.10 bits per heavy atom. The highest BCUT2D eigenvalue weighted by atomic mass is 35.5. The van der Waals surface area contributed by atoms with E-state index in [4.69, 9.17) is 23.2 Å². The summed E-state index contributed by atoms with van der Waals surface area (Å²) in [7, 11) is 0. The average Bonchev–Trinajstić information content (AvgIpc) is 2.43. The molecular weight excluding hydrogens is 307 g/mol. The van der Waals surface area contributed by atoms with Crippen LogP contribution in [0.1, 0.15) is 11.1 Å². The molecule has 2 aromatic rings. The molecule has 0 aliphatic heterocycles. The molecule has 0 atom stereocenters. The minimum absolute atomic E-state index is 0.335. The molecule has 0 spiro atoms. The van der Waals surface area contributed by atoms with E-state index in [-0.39, 0.29) is 6.03 Å². The lowest BCUT2D eigenvalue weighted by atomic mass is 10.2. The van der Waals surface area contributed by atoms with Gasteiger partial charge in [0.25, 0.3) is 0 Å². The van der Waals surface area contributed by atoms with Crippen molar-refractivity contribution in [3.63, 3.8) is 0 Å². The number of urea groups is 1. The van der Waals surface area contributed by atoms with Crippen molar-refractivity contribution in [2.75, 3.05) is 5.32 Å². The summed E-state index contributed by atoms with van der Waals surface area (Å²) in [5.74, 6) is 0. The Hall–Kier alpha value is -1.97. The Kier molecular flexibility index (Phi) is 5.26. The summed E-state index contributed by atoms with van der Waals surface area (Å²) in [4.78, 5) is 11.8. The van der Waals surface area contributed by atoms with Gasteiger partial charge in [-0.3, -0.25) is 0 Å². The molecule has 5 heteroatoms. The van der Waals surface area contributed by atoms with Gasteiger partial charge in [-0.25, -0.2) is 4.79 Å². The first kappa shape index (κ1) is 15.4. The zero-order valence-electron chi connectivity index (χ0n) is 11.4. The van der Waals surface area contributed by atoms with Crippen LogP contribution >= 0.6 is 23.2 Å². The van der Waals surface area contributed by atoms with E-state index in [2.05, 4.69) is 10.6 Å². The van der Waals surface area contributed by atoms with Crippen molar-refractivity contribution >= 4 is 41.0 Å². The molecule has 0 radical (unpaired) electrons. The van der Waals surface area contributed by atoms with Crippen molar-refractivity contribution in [3.05, 3.63) is 69.8 Å². The number of amides is 2. The Morgan fingerprint density at radius 2 is 1.86 bits per heavy atom. The fourth-order valence-corrected chi connectivity index (χ4v) is 2.08. The molecule has 0 saturated heterocycles. The maximum Gasteiger partial charge on any atom is 0.323 e. The van der Waals surface area contributed by atoms with Gasteiger partial charge in [-0.2, -0.15) is 0 Å². The zero-order valence-corrected chi connectivity index (χ0v) is 12.9. The van der Waals surface area contributed by atoms with Crippen LogP contribution in [0.5, 0.6) is 0 Å². The number of aryl methyl sites for hydroxylation is 1. The van der Waals surface area contributed by atoms with E-state index < -0.39 is 0 Å². The fourth-order valence-electron chi connectivity index (χ4n) is 1.71. The van der Waals surface area contributed by atoms with Gasteiger partial charge in [0.2, 0.25) is 0 Å². The number of nitrogens with one attached hydrogen (secondary N) is 2. The molecule has 0 aliphatic rings.